The molecule has 0 fully saturated rings. The predicted molar refractivity (Wildman–Crippen MR) is 82.3 cm³/mol. The number of para-hydroxylation sites is 1. The Hall–Kier alpha value is -2.33. The van der Waals surface area contributed by atoms with Gasteiger partial charge in [-0.2, -0.15) is 5.10 Å². The molecule has 1 N–H and O–H groups in total. The summed E-state index contributed by atoms with van der Waals surface area (Å²) in [6, 6.07) is 16.3. The van der Waals surface area contributed by atoms with Crippen LogP contribution in [0.4, 0.5) is 10.1 Å². The largest absolute Gasteiger partial charge is 0.377 e. The highest BCUT2D eigenvalue weighted by atomic mass is 35.5. The molecule has 5 heteroatoms. The molecule has 21 heavy (non-hydrogen) atoms. The molecule has 0 bridgehead atoms. The molecule has 1 heterocycles. The second-order valence-electron chi connectivity index (χ2n) is 4.56. The van der Waals surface area contributed by atoms with Gasteiger partial charge in [0, 0.05) is 11.2 Å². The van der Waals surface area contributed by atoms with Crippen molar-refractivity contribution in [3.63, 3.8) is 0 Å². The van der Waals surface area contributed by atoms with Crippen LogP contribution in [-0.4, -0.2) is 9.78 Å². The topological polar surface area (TPSA) is 29.9 Å². The van der Waals surface area contributed by atoms with Crippen LogP contribution < -0.4 is 5.32 Å². The quantitative estimate of drug-likeness (QED) is 0.779. The third-order valence-corrected chi connectivity index (χ3v) is 3.29. The molecular weight excluding hydrogens is 289 g/mol. The molecule has 3 aromatic rings. The van der Waals surface area contributed by atoms with Crippen LogP contribution in [0.2, 0.25) is 5.02 Å². The standard InChI is InChI=1S/C16H13ClFN3/c17-12-6-7-16(15(18)10-12)19-11-13-8-9-21(20-13)14-4-2-1-3-5-14/h1-10,19H,11H2. The van der Waals surface area contributed by atoms with Crippen molar-refractivity contribution in [1.29, 1.82) is 0 Å². The van der Waals surface area contributed by atoms with E-state index in [9.17, 15) is 4.39 Å². The van der Waals surface area contributed by atoms with Gasteiger partial charge in [-0.1, -0.05) is 29.8 Å². The highest BCUT2D eigenvalue weighted by molar-refractivity contribution is 6.30. The Morgan fingerprint density at radius 1 is 1.10 bits per heavy atom. The van der Waals surface area contributed by atoms with E-state index in [1.54, 1.807) is 16.8 Å². The van der Waals surface area contributed by atoms with Gasteiger partial charge in [-0.05, 0) is 36.4 Å². The molecule has 3 nitrogen and oxygen atoms in total. The van der Waals surface area contributed by atoms with E-state index in [0.29, 0.717) is 17.3 Å². The molecule has 0 amide bonds. The average Bonchev–Trinajstić information content (AvgIpc) is 2.96. The number of aromatic nitrogens is 2. The van der Waals surface area contributed by atoms with Crippen LogP contribution in [0, 0.1) is 5.82 Å². The van der Waals surface area contributed by atoms with E-state index < -0.39 is 0 Å². The maximum Gasteiger partial charge on any atom is 0.147 e. The van der Waals surface area contributed by atoms with E-state index in [1.165, 1.54) is 6.07 Å². The Bertz CT molecular complexity index is 740. The van der Waals surface area contributed by atoms with Crippen LogP contribution in [0.3, 0.4) is 0 Å². The van der Waals surface area contributed by atoms with Gasteiger partial charge >= 0.3 is 0 Å². The molecule has 106 valence electrons. The fourth-order valence-corrected chi connectivity index (χ4v) is 2.16. The van der Waals surface area contributed by atoms with Crippen molar-refractivity contribution in [2.45, 2.75) is 6.54 Å². The van der Waals surface area contributed by atoms with E-state index >= 15 is 0 Å². The zero-order valence-corrected chi connectivity index (χ0v) is 11.9. The molecule has 0 atom stereocenters. The monoisotopic (exact) mass is 301 g/mol. The molecule has 3 rings (SSSR count). The average molecular weight is 302 g/mol. The van der Waals surface area contributed by atoms with Crippen LogP contribution in [0.1, 0.15) is 5.69 Å². The number of nitrogens with zero attached hydrogens (tertiary/aromatic N) is 2. The zero-order valence-electron chi connectivity index (χ0n) is 11.1. The number of benzene rings is 2. The second kappa shape index (κ2) is 5.97. The van der Waals surface area contributed by atoms with Crippen LogP contribution >= 0.6 is 11.6 Å². The number of hydrogen-bond acceptors (Lipinski definition) is 2. The molecule has 0 aliphatic heterocycles. The fourth-order valence-electron chi connectivity index (χ4n) is 2.00. The Balaban J connectivity index is 1.70. The second-order valence-corrected chi connectivity index (χ2v) is 5.00. The van der Waals surface area contributed by atoms with Crippen LogP contribution in [0.15, 0.2) is 60.8 Å². The number of nitrogens with one attached hydrogen (secondary N) is 1. The van der Waals surface area contributed by atoms with Crippen molar-refractivity contribution in [3.05, 3.63) is 77.3 Å². The van der Waals surface area contributed by atoms with Crippen LogP contribution in [0.25, 0.3) is 5.69 Å². The summed E-state index contributed by atoms with van der Waals surface area (Å²) in [4.78, 5) is 0. The molecule has 0 saturated carbocycles. The lowest BCUT2D eigenvalue weighted by Gasteiger charge is -2.06. The molecule has 0 aliphatic rings. The number of anilines is 1. The first-order valence-electron chi connectivity index (χ1n) is 6.51. The number of hydrogen-bond donors (Lipinski definition) is 1. The van der Waals surface area contributed by atoms with Gasteiger partial charge in [0.25, 0.3) is 0 Å². The van der Waals surface area contributed by atoms with E-state index in [1.807, 2.05) is 42.6 Å². The molecule has 1 aromatic heterocycles. The minimum atomic E-state index is -0.370. The zero-order chi connectivity index (χ0) is 14.7. The first kappa shape index (κ1) is 13.6. The summed E-state index contributed by atoms with van der Waals surface area (Å²) >= 11 is 5.72. The smallest absolute Gasteiger partial charge is 0.147 e. The Morgan fingerprint density at radius 3 is 2.67 bits per heavy atom. The lowest BCUT2D eigenvalue weighted by Crippen LogP contribution is -2.03. The summed E-state index contributed by atoms with van der Waals surface area (Å²) in [5.41, 5.74) is 2.23. The van der Waals surface area contributed by atoms with Gasteiger partial charge in [0.15, 0.2) is 0 Å². The van der Waals surface area contributed by atoms with Crippen LogP contribution in [-0.2, 0) is 6.54 Å². The molecule has 0 radical (unpaired) electrons. The summed E-state index contributed by atoms with van der Waals surface area (Å²) in [6.07, 6.45) is 1.88. The summed E-state index contributed by atoms with van der Waals surface area (Å²) in [5, 5.41) is 7.84. The molecule has 0 unspecified atom stereocenters. The molecular formula is C16H13ClFN3. The van der Waals surface area contributed by atoms with Gasteiger partial charge in [-0.25, -0.2) is 9.07 Å². The maximum atomic E-state index is 13.7. The highest BCUT2D eigenvalue weighted by Crippen LogP contribution is 2.19. The predicted octanol–water partition coefficient (Wildman–Crippen LogP) is 4.28. The molecule has 0 saturated heterocycles. The van der Waals surface area contributed by atoms with Gasteiger partial charge in [-0.15, -0.1) is 0 Å². The number of rotatable bonds is 4. The van der Waals surface area contributed by atoms with Crippen molar-refractivity contribution < 1.29 is 4.39 Å². The summed E-state index contributed by atoms with van der Waals surface area (Å²) in [7, 11) is 0. The lowest BCUT2D eigenvalue weighted by atomic mass is 10.3. The highest BCUT2D eigenvalue weighted by Gasteiger charge is 2.04. The summed E-state index contributed by atoms with van der Waals surface area (Å²) < 4.78 is 15.4. The molecule has 0 spiro atoms. The van der Waals surface area contributed by atoms with Gasteiger partial charge in [0.05, 0.1) is 23.6 Å². The minimum absolute atomic E-state index is 0.370. The lowest BCUT2D eigenvalue weighted by molar-refractivity contribution is 0.630. The van der Waals surface area contributed by atoms with Crippen molar-refractivity contribution in [1.82, 2.24) is 9.78 Å². The van der Waals surface area contributed by atoms with Crippen molar-refractivity contribution in [3.8, 4) is 5.69 Å². The van der Waals surface area contributed by atoms with Gasteiger partial charge in [0.2, 0.25) is 0 Å². The molecule has 2 aromatic carbocycles. The minimum Gasteiger partial charge on any atom is -0.377 e. The Morgan fingerprint density at radius 2 is 1.90 bits per heavy atom. The first-order chi connectivity index (χ1) is 10.2. The third kappa shape index (κ3) is 3.23. The summed E-state index contributed by atoms with van der Waals surface area (Å²) in [5.74, 6) is -0.370. The van der Waals surface area contributed by atoms with Gasteiger partial charge in [-0.3, -0.25) is 0 Å². The fraction of sp³-hybridized carbons (Fsp3) is 0.0625. The Labute approximate surface area is 127 Å². The Kier molecular flexibility index (Phi) is 3.88. The van der Waals surface area contributed by atoms with E-state index in [2.05, 4.69) is 10.4 Å². The molecule has 0 aliphatic carbocycles. The summed E-state index contributed by atoms with van der Waals surface area (Å²) in [6.45, 7) is 0.443. The van der Waals surface area contributed by atoms with Gasteiger partial charge in [0.1, 0.15) is 5.82 Å². The third-order valence-electron chi connectivity index (χ3n) is 3.06. The number of halogens is 2. The van der Waals surface area contributed by atoms with E-state index in [0.717, 1.165) is 11.4 Å². The normalized spacial score (nSPS) is 10.6. The van der Waals surface area contributed by atoms with E-state index in [-0.39, 0.29) is 5.82 Å². The van der Waals surface area contributed by atoms with Crippen LogP contribution in [0.5, 0.6) is 0 Å². The SMILES string of the molecule is Fc1cc(Cl)ccc1NCc1ccn(-c2ccccc2)n1. The first-order valence-corrected chi connectivity index (χ1v) is 6.89. The maximum absolute atomic E-state index is 13.7. The van der Waals surface area contributed by atoms with Gasteiger partial charge < -0.3 is 5.32 Å². The van der Waals surface area contributed by atoms with Crippen molar-refractivity contribution >= 4 is 17.3 Å². The van der Waals surface area contributed by atoms with Crippen molar-refractivity contribution in [2.24, 2.45) is 0 Å². The van der Waals surface area contributed by atoms with E-state index in [4.69, 9.17) is 11.6 Å². The van der Waals surface area contributed by atoms with Crippen molar-refractivity contribution in [2.75, 3.05) is 5.32 Å².